The minimum absolute atomic E-state index is 0.0590. The number of benzene rings is 4. The molecular weight excluding hydrogens is 699 g/mol. The van der Waals surface area contributed by atoms with Crippen LogP contribution in [0.4, 0.5) is 5.69 Å². The van der Waals surface area contributed by atoms with Gasteiger partial charge in [0.05, 0.1) is 4.90 Å². The van der Waals surface area contributed by atoms with Crippen LogP contribution in [0.2, 0.25) is 0 Å². The fourth-order valence-electron chi connectivity index (χ4n) is 7.43. The van der Waals surface area contributed by atoms with Gasteiger partial charge < -0.3 is 10.0 Å². The molecule has 5 rings (SSSR count). The number of unbranched alkanes of at least 4 members (excludes halogenated alkanes) is 2. The van der Waals surface area contributed by atoms with E-state index in [2.05, 4.69) is 56.5 Å². The van der Waals surface area contributed by atoms with E-state index in [0.717, 1.165) is 17.3 Å². The van der Waals surface area contributed by atoms with Gasteiger partial charge >= 0.3 is 5.97 Å². The van der Waals surface area contributed by atoms with Crippen molar-refractivity contribution >= 4 is 53.4 Å². The monoisotopic (exact) mass is 743 g/mol. The molecule has 1 aliphatic heterocycles. The molecule has 0 saturated carbocycles. The smallest absolute Gasteiger partial charge is 0.303 e. The van der Waals surface area contributed by atoms with Gasteiger partial charge in [0, 0.05) is 40.6 Å². The highest BCUT2D eigenvalue weighted by atomic mass is 32.2. The maximum atomic E-state index is 12.4. The Kier molecular flexibility index (Phi) is 10.8. The number of carboxylic acids is 1. The number of aliphatic carboxylic acids is 1. The van der Waals surface area contributed by atoms with E-state index in [1.54, 1.807) is 6.07 Å². The molecule has 0 fully saturated rings. The second kappa shape index (κ2) is 14.5. The van der Waals surface area contributed by atoms with Crippen LogP contribution in [0, 0.1) is 6.92 Å². The van der Waals surface area contributed by atoms with Crippen molar-refractivity contribution in [1.29, 1.82) is 0 Å². The molecule has 0 unspecified atom stereocenters. The highest BCUT2D eigenvalue weighted by molar-refractivity contribution is 7.86. The number of carbonyl (C=O) groups is 1. The van der Waals surface area contributed by atoms with Gasteiger partial charge in [-0.15, -0.1) is 0 Å². The van der Waals surface area contributed by atoms with Gasteiger partial charge in [0.15, 0.2) is 0 Å². The number of aryl methyl sites for hydroxylation is 1. The molecule has 0 radical (unpaired) electrons. The Morgan fingerprint density at radius 3 is 2.25 bits per heavy atom. The predicted octanol–water partition coefficient (Wildman–Crippen LogP) is 9.07. The quantitative estimate of drug-likeness (QED) is 0.0693. The third-order valence-electron chi connectivity index (χ3n) is 10.1. The summed E-state index contributed by atoms with van der Waals surface area (Å²) in [6, 6.07) is 17.8. The standard InChI is InChI=1S/C41H45NO8S2/c1-27-20-21-29-16-12-13-17-31(29)38(27)40(3,4)28(2)15-9-7-10-18-36-41(5,6)39-33-25-30(51(45,46)47)26-35(52(48,49)50)32(33)22-23-34(39)42(36)24-14-8-11-19-37(43)44/h7,9-10,12-13,15-18,20-23,25-26H,2,8,11,14,19,24H2,1,3-6H3,(H,43,44)(H,45,46,47)(H,48,49,50)/b10-7+,15-9+,36-18+. The Labute approximate surface area is 306 Å². The number of hydrogen-bond acceptors (Lipinski definition) is 6. The van der Waals surface area contributed by atoms with Crippen LogP contribution in [0.5, 0.6) is 0 Å². The maximum Gasteiger partial charge on any atom is 0.303 e. The molecule has 4 aromatic rings. The van der Waals surface area contributed by atoms with E-state index in [0.29, 0.717) is 37.1 Å². The van der Waals surface area contributed by atoms with Crippen molar-refractivity contribution < 1.29 is 35.8 Å². The van der Waals surface area contributed by atoms with E-state index < -0.39 is 41.4 Å². The normalized spacial score (nSPS) is 15.8. The van der Waals surface area contributed by atoms with Gasteiger partial charge in [-0.3, -0.25) is 13.9 Å². The van der Waals surface area contributed by atoms with Gasteiger partial charge in [0.2, 0.25) is 0 Å². The summed E-state index contributed by atoms with van der Waals surface area (Å²) < 4.78 is 69.3. The third-order valence-corrected chi connectivity index (χ3v) is 11.8. The van der Waals surface area contributed by atoms with Gasteiger partial charge in [-0.25, -0.2) is 0 Å². The van der Waals surface area contributed by atoms with Crippen LogP contribution in [0.1, 0.15) is 70.1 Å². The van der Waals surface area contributed by atoms with E-state index in [-0.39, 0.29) is 22.6 Å². The lowest BCUT2D eigenvalue weighted by Gasteiger charge is -2.30. The number of carboxylic acid groups (broad SMARTS) is 1. The summed E-state index contributed by atoms with van der Waals surface area (Å²) in [5, 5.41) is 11.8. The van der Waals surface area contributed by atoms with Crippen molar-refractivity contribution in [2.24, 2.45) is 0 Å². The van der Waals surface area contributed by atoms with Crippen LogP contribution < -0.4 is 4.90 Å². The van der Waals surface area contributed by atoms with E-state index in [9.17, 15) is 30.7 Å². The van der Waals surface area contributed by atoms with Gasteiger partial charge in [0.1, 0.15) is 4.90 Å². The van der Waals surface area contributed by atoms with Crippen molar-refractivity contribution in [3.63, 3.8) is 0 Å². The Hall–Kier alpha value is -4.55. The molecule has 0 amide bonds. The third kappa shape index (κ3) is 7.64. The largest absolute Gasteiger partial charge is 0.481 e. The molecule has 52 heavy (non-hydrogen) atoms. The minimum atomic E-state index is -4.87. The average molecular weight is 744 g/mol. The fourth-order valence-corrected chi connectivity index (χ4v) is 8.77. The number of allylic oxidation sites excluding steroid dienone is 7. The summed E-state index contributed by atoms with van der Waals surface area (Å²) in [6.45, 7) is 15.3. The van der Waals surface area contributed by atoms with Crippen molar-refractivity contribution in [2.45, 2.75) is 80.9 Å². The van der Waals surface area contributed by atoms with Crippen molar-refractivity contribution in [2.75, 3.05) is 11.4 Å². The van der Waals surface area contributed by atoms with Gasteiger partial charge in [0.25, 0.3) is 20.2 Å². The topological polar surface area (TPSA) is 149 Å². The van der Waals surface area contributed by atoms with Crippen molar-refractivity contribution in [3.8, 4) is 0 Å². The highest BCUT2D eigenvalue weighted by Crippen LogP contribution is 2.52. The molecule has 274 valence electrons. The summed E-state index contributed by atoms with van der Waals surface area (Å²) >= 11 is 0. The molecule has 0 saturated heterocycles. The Morgan fingerprint density at radius 1 is 0.865 bits per heavy atom. The molecule has 3 N–H and O–H groups in total. The van der Waals surface area contributed by atoms with Crippen LogP contribution in [0.3, 0.4) is 0 Å². The molecule has 0 aliphatic carbocycles. The van der Waals surface area contributed by atoms with E-state index in [1.165, 1.54) is 34.0 Å². The Bertz CT molecular complexity index is 2400. The molecule has 0 atom stereocenters. The van der Waals surface area contributed by atoms with E-state index in [4.69, 9.17) is 5.11 Å². The lowest BCUT2D eigenvalue weighted by atomic mass is 9.74. The molecule has 4 aromatic carbocycles. The zero-order valence-electron chi connectivity index (χ0n) is 30.0. The second-order valence-corrected chi connectivity index (χ2v) is 17.1. The first-order valence-electron chi connectivity index (χ1n) is 17.1. The number of fused-ring (bicyclic) bond motifs is 4. The van der Waals surface area contributed by atoms with Crippen LogP contribution in [0.15, 0.2) is 119 Å². The predicted molar refractivity (Wildman–Crippen MR) is 207 cm³/mol. The number of anilines is 1. The van der Waals surface area contributed by atoms with Crippen LogP contribution in [-0.4, -0.2) is 43.6 Å². The van der Waals surface area contributed by atoms with Gasteiger partial charge in [-0.2, -0.15) is 16.8 Å². The van der Waals surface area contributed by atoms with Gasteiger partial charge in [-0.05, 0) is 82.5 Å². The molecule has 11 heteroatoms. The summed E-state index contributed by atoms with van der Waals surface area (Å²) in [5.74, 6) is -0.861. The highest BCUT2D eigenvalue weighted by Gasteiger charge is 2.42. The molecule has 0 spiro atoms. The molecule has 9 nitrogen and oxygen atoms in total. The summed E-state index contributed by atoms with van der Waals surface area (Å²) in [6.07, 6.45) is 11.6. The summed E-state index contributed by atoms with van der Waals surface area (Å²) in [5.41, 5.74) is 4.36. The number of nitrogens with zero attached hydrogens (tertiary/aromatic N) is 1. The zero-order chi connectivity index (χ0) is 38.2. The molecule has 0 aromatic heterocycles. The summed E-state index contributed by atoms with van der Waals surface area (Å²) in [4.78, 5) is 11.9. The Balaban J connectivity index is 1.54. The lowest BCUT2D eigenvalue weighted by Crippen LogP contribution is -2.27. The fraction of sp³-hybridized carbons (Fsp3) is 0.293. The van der Waals surface area contributed by atoms with Crippen LogP contribution in [0.25, 0.3) is 21.5 Å². The Morgan fingerprint density at radius 2 is 1.58 bits per heavy atom. The number of hydrogen-bond donors (Lipinski definition) is 3. The molecule has 0 bridgehead atoms. The van der Waals surface area contributed by atoms with Crippen molar-refractivity contribution in [3.05, 3.63) is 126 Å². The molecular formula is C41H45NO8S2. The first-order valence-corrected chi connectivity index (χ1v) is 19.9. The zero-order valence-corrected chi connectivity index (χ0v) is 31.7. The van der Waals surface area contributed by atoms with E-state index in [1.807, 2.05) is 56.4 Å². The summed E-state index contributed by atoms with van der Waals surface area (Å²) in [7, 11) is -9.70. The van der Waals surface area contributed by atoms with Crippen LogP contribution >= 0.6 is 0 Å². The average Bonchev–Trinajstić information content (AvgIpc) is 3.27. The first-order chi connectivity index (χ1) is 24.3. The molecule has 1 aliphatic rings. The maximum absolute atomic E-state index is 12.4. The SMILES string of the molecule is C=C(/C=C/C=C/C=C1/N(CCCCCC(=O)O)c2ccc3c(S(=O)(=O)O)cc(S(=O)(=O)O)cc3c2C1(C)C)C(C)(C)c1c(C)ccc2ccccc12. The minimum Gasteiger partial charge on any atom is -0.481 e. The van der Waals surface area contributed by atoms with Gasteiger partial charge in [-0.1, -0.05) is 107 Å². The first kappa shape index (κ1) is 38.7. The lowest BCUT2D eigenvalue weighted by molar-refractivity contribution is -0.137. The molecule has 1 heterocycles. The number of rotatable bonds is 13. The van der Waals surface area contributed by atoms with E-state index >= 15 is 0 Å². The second-order valence-electron chi connectivity index (χ2n) is 14.3. The van der Waals surface area contributed by atoms with Crippen molar-refractivity contribution in [1.82, 2.24) is 0 Å². The van der Waals surface area contributed by atoms with Crippen LogP contribution in [-0.2, 0) is 35.9 Å².